The van der Waals surface area contributed by atoms with Crippen molar-refractivity contribution in [2.24, 2.45) is 10.9 Å². The lowest BCUT2D eigenvalue weighted by Crippen LogP contribution is -2.74. The second-order valence-corrected chi connectivity index (χ2v) is 13.8. The topological polar surface area (TPSA) is 210 Å². The van der Waals surface area contributed by atoms with Gasteiger partial charge in [-0.25, -0.2) is 4.98 Å². The second-order valence-electron chi connectivity index (χ2n) is 7.11. The monoisotopic (exact) mass is 596 g/mol. The molecule has 2 aliphatic heterocycles. The molecule has 1 unspecified atom stereocenters. The maximum Gasteiger partial charge on any atom is 0.322 e. The molecule has 7 N–H and O–H groups in total. The van der Waals surface area contributed by atoms with Gasteiger partial charge in [-0.3, -0.25) is 14.4 Å². The highest BCUT2D eigenvalue weighted by molar-refractivity contribution is 8.06. The van der Waals surface area contributed by atoms with Gasteiger partial charge in [0.25, 0.3) is 5.91 Å². The fourth-order valence-electron chi connectivity index (χ4n) is 3.27. The van der Waals surface area contributed by atoms with Crippen molar-refractivity contribution in [1.29, 1.82) is 0 Å². The molecule has 0 bridgehead atoms. The molecular formula is C16H17ClN8O5S5. The van der Waals surface area contributed by atoms with Crippen molar-refractivity contribution < 1.29 is 24.7 Å². The number of carbonyl (C=O) groups is 3. The van der Waals surface area contributed by atoms with Crippen LogP contribution in [0.3, 0.4) is 0 Å². The number of thiazole rings is 1. The van der Waals surface area contributed by atoms with Crippen LogP contribution in [0.5, 0.6) is 0 Å². The number of hydrogen-bond acceptors (Lipinski definition) is 15. The van der Waals surface area contributed by atoms with E-state index in [-0.39, 0.29) is 27.5 Å². The van der Waals surface area contributed by atoms with Crippen LogP contribution in [0, 0.1) is 0 Å². The smallest absolute Gasteiger partial charge is 0.322 e. The van der Waals surface area contributed by atoms with Crippen LogP contribution in [0.1, 0.15) is 5.69 Å². The number of nitrogen functional groups attached to an aromatic ring is 1. The number of nitrogens with two attached hydrogens (primary N) is 2. The number of carboxylic acids is 1. The molecule has 0 saturated carbocycles. The number of carboxylic acid groups (broad SMARTS) is 1. The van der Waals surface area contributed by atoms with E-state index in [1.54, 1.807) is 0 Å². The van der Waals surface area contributed by atoms with Crippen LogP contribution >= 0.6 is 69.6 Å². The molecule has 0 radical (unpaired) electrons. The second kappa shape index (κ2) is 10.7. The van der Waals surface area contributed by atoms with Crippen molar-refractivity contribution in [2.75, 3.05) is 30.3 Å². The molecule has 13 nitrogen and oxygen atoms in total. The predicted molar refractivity (Wildman–Crippen MR) is 136 cm³/mol. The molecule has 2 aromatic rings. The molecule has 4 rings (SSSR count). The summed E-state index contributed by atoms with van der Waals surface area (Å²) in [5.74, 6) is -1.57. The van der Waals surface area contributed by atoms with Gasteiger partial charge in [-0.2, -0.15) is 0 Å². The van der Waals surface area contributed by atoms with E-state index in [9.17, 15) is 24.7 Å². The van der Waals surface area contributed by atoms with Gasteiger partial charge in [0, 0.05) is 24.6 Å². The maximum absolute atomic E-state index is 12.8. The molecule has 35 heavy (non-hydrogen) atoms. The van der Waals surface area contributed by atoms with Gasteiger partial charge in [0.05, 0.1) is 0 Å². The molecule has 0 aliphatic carbocycles. The van der Waals surface area contributed by atoms with E-state index in [2.05, 4.69) is 25.7 Å². The van der Waals surface area contributed by atoms with E-state index in [0.717, 1.165) is 23.1 Å². The molecule has 0 spiro atoms. The average Bonchev–Trinajstić information content (AvgIpc) is 3.41. The average molecular weight is 597 g/mol. The van der Waals surface area contributed by atoms with Crippen LogP contribution in [0.25, 0.3) is 0 Å². The molecular weight excluding hydrogens is 580 g/mol. The fourth-order valence-corrected chi connectivity index (χ4v) is 9.20. The van der Waals surface area contributed by atoms with Gasteiger partial charge in [0.1, 0.15) is 26.2 Å². The summed E-state index contributed by atoms with van der Waals surface area (Å²) in [4.78, 5) is 43.0. The van der Waals surface area contributed by atoms with Crippen molar-refractivity contribution >= 4 is 98.2 Å². The number of anilines is 1. The molecule has 2 amide bonds. The van der Waals surface area contributed by atoms with Gasteiger partial charge in [-0.15, -0.1) is 22.0 Å². The number of rotatable bonds is 9. The fraction of sp³-hybridized carbons (Fsp3) is 0.438. The molecule has 188 valence electrons. The summed E-state index contributed by atoms with van der Waals surface area (Å²) in [6.45, 7) is 0.408. The van der Waals surface area contributed by atoms with Crippen molar-refractivity contribution in [3.8, 4) is 0 Å². The Morgan fingerprint density at radius 3 is 2.71 bits per heavy atom. The minimum absolute atomic E-state index is 0.0589. The normalized spacial score (nSPS) is 24.1. The number of aromatic nitrogens is 3. The van der Waals surface area contributed by atoms with Crippen molar-refractivity contribution in [2.45, 2.75) is 24.8 Å². The van der Waals surface area contributed by atoms with E-state index in [1.165, 1.54) is 39.8 Å². The minimum Gasteiger partial charge on any atom is -0.480 e. The number of thioether (sulfide) groups is 3. The van der Waals surface area contributed by atoms with Crippen LogP contribution < -0.4 is 16.8 Å². The summed E-state index contributed by atoms with van der Waals surface area (Å²) in [6, 6.07) is -0.934. The Labute approximate surface area is 223 Å². The third-order valence-corrected chi connectivity index (χ3v) is 11.2. The Hall–Kier alpha value is -1.83. The summed E-state index contributed by atoms with van der Waals surface area (Å²) in [7, 11) is 0. The van der Waals surface area contributed by atoms with Crippen LogP contribution in [0.4, 0.5) is 5.13 Å². The van der Waals surface area contributed by atoms with Crippen LogP contribution in [-0.4, -0.2) is 94.6 Å². The predicted octanol–water partition coefficient (Wildman–Crippen LogP) is 0.475. The highest BCUT2D eigenvalue weighted by atomic mass is 35.5. The van der Waals surface area contributed by atoms with Gasteiger partial charge in [0.15, 0.2) is 19.5 Å². The molecule has 4 heterocycles. The Morgan fingerprint density at radius 1 is 1.34 bits per heavy atom. The number of hydrogen-bond donors (Lipinski definition) is 5. The summed E-state index contributed by atoms with van der Waals surface area (Å²) in [6.07, 6.45) is 0. The first-order valence-electron chi connectivity index (χ1n) is 9.65. The lowest BCUT2D eigenvalue weighted by atomic mass is 10.0. The Balaban J connectivity index is 1.43. The Kier molecular flexibility index (Phi) is 7.99. The Morgan fingerprint density at radius 2 is 2.09 bits per heavy atom. The van der Waals surface area contributed by atoms with Crippen LogP contribution in [-0.2, 0) is 14.4 Å². The molecule has 2 fully saturated rings. The third kappa shape index (κ3) is 5.18. The zero-order valence-electron chi connectivity index (χ0n) is 17.4. The molecule has 2 aromatic heterocycles. The number of β-lactam (4-membered cyclic amide) rings is 1. The molecule has 3 atom stereocenters. The van der Waals surface area contributed by atoms with Crippen LogP contribution in [0.2, 0.25) is 4.34 Å². The summed E-state index contributed by atoms with van der Waals surface area (Å²) in [5, 5.41) is 32.5. The zero-order valence-corrected chi connectivity index (χ0v) is 22.3. The van der Waals surface area contributed by atoms with E-state index in [1.807, 2.05) is 0 Å². The number of aliphatic carboxylic acids is 1. The molecule has 19 heteroatoms. The number of fused-ring (bicyclic) bond motifs is 1. The maximum atomic E-state index is 12.8. The van der Waals surface area contributed by atoms with Gasteiger partial charge in [-0.1, -0.05) is 63.0 Å². The summed E-state index contributed by atoms with van der Waals surface area (Å²) < 4.78 is -0.105. The molecule has 2 saturated heterocycles. The first kappa shape index (κ1) is 26.2. The van der Waals surface area contributed by atoms with E-state index in [0.29, 0.717) is 21.0 Å². The van der Waals surface area contributed by atoms with E-state index >= 15 is 0 Å². The first-order valence-corrected chi connectivity index (χ1v) is 14.5. The SMILES string of the molecule is NCCSc1nnc(SC2(C(=O)O)CS[C@@H]3[C@H](NC(=O)C(=NO)c4nc(N)sc4Cl)C(=O)N3C2)s1. The van der Waals surface area contributed by atoms with E-state index in [4.69, 9.17) is 23.1 Å². The quantitative estimate of drug-likeness (QED) is 0.0877. The van der Waals surface area contributed by atoms with Crippen molar-refractivity contribution in [3.63, 3.8) is 0 Å². The van der Waals surface area contributed by atoms with Gasteiger partial charge in [-0.05, 0) is 0 Å². The summed E-state index contributed by atoms with van der Waals surface area (Å²) in [5.41, 5.74) is 10.5. The highest BCUT2D eigenvalue weighted by Crippen LogP contribution is 2.47. The number of nitrogens with one attached hydrogen (secondary N) is 1. The number of oxime groups is 1. The van der Waals surface area contributed by atoms with Gasteiger partial charge < -0.3 is 32.0 Å². The number of nitrogens with zero attached hydrogens (tertiary/aromatic N) is 5. The lowest BCUT2D eigenvalue weighted by molar-refractivity contribution is -0.151. The van der Waals surface area contributed by atoms with Gasteiger partial charge in [0.2, 0.25) is 5.91 Å². The van der Waals surface area contributed by atoms with Crippen molar-refractivity contribution in [3.05, 3.63) is 10.0 Å². The standard InChI is InChI=1S/C16H17ClN8O5S5/c17-8-5(21-13(19)33-8)6(24-30)9(26)20-7-10(27)25-3-16(12(28)29,4-32-11(7)25)35-15-23-22-14(34-15)31-2-1-18/h7,11,30H,1-4,18H2,(H2,19,21)(H,20,26)(H,28,29)/t7-,11-,16?/m1/s1. The third-order valence-electron chi connectivity index (χ3n) is 4.89. The number of halogens is 1. The number of carbonyl (C=O) groups excluding carboxylic acids is 2. The lowest BCUT2D eigenvalue weighted by Gasteiger charge is -2.53. The highest BCUT2D eigenvalue weighted by Gasteiger charge is 2.58. The minimum atomic E-state index is -1.33. The zero-order chi connectivity index (χ0) is 25.3. The Bertz CT molecular complexity index is 1190. The van der Waals surface area contributed by atoms with E-state index < -0.39 is 39.7 Å². The largest absolute Gasteiger partial charge is 0.480 e. The van der Waals surface area contributed by atoms with Crippen molar-refractivity contribution in [1.82, 2.24) is 25.4 Å². The molecule has 0 aromatic carbocycles. The van der Waals surface area contributed by atoms with Gasteiger partial charge >= 0.3 is 5.97 Å². The number of amides is 2. The molecule has 2 aliphatic rings. The summed E-state index contributed by atoms with van der Waals surface area (Å²) >= 11 is 11.9. The first-order chi connectivity index (χ1) is 16.7. The van der Waals surface area contributed by atoms with Crippen LogP contribution in [0.15, 0.2) is 13.8 Å².